The minimum atomic E-state index is -0.341. The van der Waals surface area contributed by atoms with Gasteiger partial charge in [-0.1, -0.05) is 105 Å². The molecular weight excluding hydrogens is 412 g/mol. The fourth-order valence-corrected chi connectivity index (χ4v) is 5.65. The van der Waals surface area contributed by atoms with E-state index in [1.807, 2.05) is 0 Å². The number of unbranched alkanes of at least 4 members (excludes halogenated alkanes) is 11. The summed E-state index contributed by atoms with van der Waals surface area (Å²) in [6.45, 7) is 12.3. The summed E-state index contributed by atoms with van der Waals surface area (Å²) in [5.41, 5.74) is -0.341. The van der Waals surface area contributed by atoms with Gasteiger partial charge in [0.05, 0.1) is 6.61 Å². The van der Waals surface area contributed by atoms with Crippen molar-refractivity contribution in [1.82, 2.24) is 5.32 Å². The van der Waals surface area contributed by atoms with Gasteiger partial charge in [-0.05, 0) is 25.2 Å². The molecule has 3 atom stereocenters. The van der Waals surface area contributed by atoms with Crippen molar-refractivity contribution in [3.8, 4) is 0 Å². The molecule has 1 N–H and O–H groups in total. The molecule has 0 aromatic heterocycles. The average molecular weight is 468 g/mol. The van der Waals surface area contributed by atoms with E-state index >= 15 is 0 Å². The van der Waals surface area contributed by atoms with Crippen molar-refractivity contribution < 1.29 is 19.0 Å². The molecule has 33 heavy (non-hydrogen) atoms. The number of amides is 1. The topological polar surface area (TPSA) is 50.9 Å². The Bertz CT molecular complexity index is 537. The SMILES string of the molecule is CCC[N+]12CCOCC1(C(CC)NC(=O)CCCCCCCCCCCCCCC(C)C)O2. The van der Waals surface area contributed by atoms with Crippen LogP contribution in [0.1, 0.15) is 130 Å². The maximum atomic E-state index is 12.6. The van der Waals surface area contributed by atoms with Crippen LogP contribution in [0, 0.1) is 5.92 Å². The third-order valence-electron chi connectivity index (χ3n) is 7.70. The molecule has 2 rings (SSSR count). The molecule has 1 amide bonds. The highest BCUT2D eigenvalue weighted by Gasteiger charge is 2.78. The molecular formula is C28H55N2O3+. The summed E-state index contributed by atoms with van der Waals surface area (Å²) in [4.78, 5) is 18.9. The molecule has 2 saturated heterocycles. The number of nitrogens with one attached hydrogen (secondary N) is 1. The van der Waals surface area contributed by atoms with Gasteiger partial charge in [-0.2, -0.15) is 0 Å². The number of hydrogen-bond donors (Lipinski definition) is 1. The normalized spacial score (nSPS) is 25.1. The third kappa shape index (κ3) is 9.14. The molecule has 0 bridgehead atoms. The van der Waals surface area contributed by atoms with Crippen LogP contribution in [-0.4, -0.2) is 48.6 Å². The number of carbonyl (C=O) groups is 1. The molecule has 0 saturated carbocycles. The summed E-state index contributed by atoms with van der Waals surface area (Å²) in [5, 5.41) is 3.29. The maximum Gasteiger partial charge on any atom is 0.326 e. The Labute approximate surface area is 204 Å². The van der Waals surface area contributed by atoms with Crippen LogP contribution < -0.4 is 5.32 Å². The van der Waals surface area contributed by atoms with E-state index in [9.17, 15) is 4.79 Å². The molecule has 0 spiro atoms. The maximum absolute atomic E-state index is 12.6. The zero-order valence-corrected chi connectivity index (χ0v) is 22.5. The van der Waals surface area contributed by atoms with Crippen molar-refractivity contribution in [3.05, 3.63) is 0 Å². The average Bonchev–Trinajstić information content (AvgIpc) is 3.47. The van der Waals surface area contributed by atoms with Gasteiger partial charge in [-0.15, -0.1) is 9.48 Å². The van der Waals surface area contributed by atoms with Crippen LogP contribution >= 0.6 is 0 Å². The predicted molar refractivity (Wildman–Crippen MR) is 137 cm³/mol. The highest BCUT2D eigenvalue weighted by molar-refractivity contribution is 5.76. The van der Waals surface area contributed by atoms with E-state index in [2.05, 4.69) is 33.0 Å². The molecule has 2 fully saturated rings. The predicted octanol–water partition coefficient (Wildman–Crippen LogP) is 6.90. The molecule has 2 aliphatic heterocycles. The van der Waals surface area contributed by atoms with Crippen molar-refractivity contribution >= 4 is 5.91 Å². The highest BCUT2D eigenvalue weighted by atomic mass is 16.9. The van der Waals surface area contributed by atoms with Crippen LogP contribution in [0.4, 0.5) is 0 Å². The van der Waals surface area contributed by atoms with E-state index in [-0.39, 0.29) is 17.7 Å². The summed E-state index contributed by atoms with van der Waals surface area (Å²) in [6.07, 6.45) is 20.0. The van der Waals surface area contributed by atoms with Crippen molar-refractivity contribution in [2.75, 3.05) is 26.3 Å². The van der Waals surface area contributed by atoms with Gasteiger partial charge in [-0.25, -0.2) is 0 Å². The highest BCUT2D eigenvalue weighted by Crippen LogP contribution is 2.50. The van der Waals surface area contributed by atoms with Crippen molar-refractivity contribution in [1.29, 1.82) is 0 Å². The van der Waals surface area contributed by atoms with E-state index in [1.165, 1.54) is 77.0 Å². The second kappa shape index (κ2) is 15.4. The van der Waals surface area contributed by atoms with Crippen molar-refractivity contribution in [2.24, 2.45) is 5.92 Å². The smallest absolute Gasteiger partial charge is 0.326 e. The summed E-state index contributed by atoms with van der Waals surface area (Å²) < 4.78 is 6.44. The Morgan fingerprint density at radius 3 is 2.03 bits per heavy atom. The second-order valence-electron chi connectivity index (χ2n) is 11.0. The van der Waals surface area contributed by atoms with E-state index in [1.54, 1.807) is 0 Å². The molecule has 0 aromatic carbocycles. The number of hydrogen-bond acceptors (Lipinski definition) is 3. The number of fused-ring (bicyclic) bond motifs is 1. The van der Waals surface area contributed by atoms with Crippen LogP contribution in [0.2, 0.25) is 0 Å². The lowest BCUT2D eigenvalue weighted by atomic mass is 10.0. The Balaban J connectivity index is 1.46. The summed E-state index contributed by atoms with van der Waals surface area (Å²) in [6, 6.07) is 0.0482. The Morgan fingerprint density at radius 2 is 1.48 bits per heavy atom. The number of hydroxylamine groups is 3. The first-order chi connectivity index (χ1) is 16.0. The van der Waals surface area contributed by atoms with E-state index < -0.39 is 0 Å². The van der Waals surface area contributed by atoms with Crippen molar-refractivity contribution in [2.45, 2.75) is 142 Å². The lowest BCUT2D eigenvalue weighted by Crippen LogP contribution is -2.57. The molecule has 5 heteroatoms. The molecule has 0 radical (unpaired) electrons. The van der Waals surface area contributed by atoms with Gasteiger partial charge in [0.2, 0.25) is 5.91 Å². The number of morpholine rings is 1. The summed E-state index contributed by atoms with van der Waals surface area (Å²) >= 11 is 0. The van der Waals surface area contributed by atoms with Crippen LogP contribution in [0.3, 0.4) is 0 Å². The fraction of sp³-hybridized carbons (Fsp3) is 0.964. The zero-order chi connectivity index (χ0) is 24.0. The molecule has 194 valence electrons. The summed E-state index contributed by atoms with van der Waals surface area (Å²) in [5.74, 6) is 1.04. The lowest BCUT2D eigenvalue weighted by Gasteiger charge is -2.28. The van der Waals surface area contributed by atoms with Crippen LogP contribution in [0.15, 0.2) is 0 Å². The Kier molecular flexibility index (Phi) is 13.3. The molecule has 0 aliphatic carbocycles. The Morgan fingerprint density at radius 1 is 0.909 bits per heavy atom. The lowest BCUT2D eigenvalue weighted by molar-refractivity contribution is -0.935. The van der Waals surface area contributed by atoms with Crippen molar-refractivity contribution in [3.63, 3.8) is 0 Å². The summed E-state index contributed by atoms with van der Waals surface area (Å²) in [7, 11) is 0. The fourth-order valence-electron chi connectivity index (χ4n) is 5.65. The molecule has 5 nitrogen and oxygen atoms in total. The van der Waals surface area contributed by atoms with Gasteiger partial charge >= 0.3 is 5.72 Å². The first-order valence-corrected chi connectivity index (χ1v) is 14.4. The number of nitrogens with zero attached hydrogens (tertiary/aromatic N) is 1. The number of ether oxygens (including phenoxy) is 1. The van der Waals surface area contributed by atoms with Gasteiger partial charge < -0.3 is 10.1 Å². The standard InChI is InChI=1S/C28H54N2O3/c1-5-21-30-22-23-32-24-28(30,33-30)26(6-2)29-27(31)20-18-16-14-12-10-8-7-9-11-13-15-17-19-25(3)4/h25-26H,5-24H2,1-4H3/p+1. The number of rotatable bonds is 20. The van der Waals surface area contributed by atoms with E-state index in [4.69, 9.17) is 9.57 Å². The third-order valence-corrected chi connectivity index (χ3v) is 7.70. The van der Waals surface area contributed by atoms with E-state index in [0.717, 1.165) is 44.9 Å². The zero-order valence-electron chi connectivity index (χ0n) is 22.5. The van der Waals surface area contributed by atoms with Gasteiger partial charge in [0.15, 0.2) is 0 Å². The monoisotopic (exact) mass is 467 g/mol. The van der Waals surface area contributed by atoms with Gasteiger partial charge in [-0.3, -0.25) is 4.79 Å². The molecule has 2 aliphatic rings. The molecule has 3 unspecified atom stereocenters. The second-order valence-corrected chi connectivity index (χ2v) is 11.0. The largest absolute Gasteiger partial charge is 0.366 e. The van der Waals surface area contributed by atoms with Gasteiger partial charge in [0.1, 0.15) is 25.7 Å². The first kappa shape index (κ1) is 28.6. The van der Waals surface area contributed by atoms with Crippen LogP contribution in [-0.2, 0) is 14.4 Å². The molecule has 0 aromatic rings. The minimum absolute atomic E-state index is 0.0482. The van der Waals surface area contributed by atoms with Crippen LogP contribution in [0.25, 0.3) is 0 Å². The van der Waals surface area contributed by atoms with E-state index in [0.29, 0.717) is 17.7 Å². The minimum Gasteiger partial charge on any atom is -0.366 e. The first-order valence-electron chi connectivity index (χ1n) is 14.4. The van der Waals surface area contributed by atoms with Gasteiger partial charge in [0.25, 0.3) is 0 Å². The number of quaternary nitrogens is 1. The molecule has 2 heterocycles. The Hall–Kier alpha value is -0.650. The van der Waals surface area contributed by atoms with Gasteiger partial charge in [0, 0.05) is 6.42 Å². The quantitative estimate of drug-likeness (QED) is 0.120. The number of carbonyl (C=O) groups excluding carboxylic acids is 1. The van der Waals surface area contributed by atoms with Crippen LogP contribution in [0.5, 0.6) is 0 Å².